The summed E-state index contributed by atoms with van der Waals surface area (Å²) in [5.74, 6) is -2.14. The van der Waals surface area contributed by atoms with Crippen LogP contribution in [0.3, 0.4) is 0 Å². The minimum atomic E-state index is -3.76. The highest BCUT2D eigenvalue weighted by Gasteiger charge is 2.40. The molecule has 6 aromatic carbocycles. The molecule has 22 heteroatoms. The average molecular weight is 1550 g/mol. The number of aliphatic hydroxyl groups is 2. The topological polar surface area (TPSA) is 202 Å². The van der Waals surface area contributed by atoms with E-state index < -0.39 is 45.9 Å². The van der Waals surface area contributed by atoms with E-state index in [-0.39, 0.29) is 52.7 Å². The standard InChI is InChI=1S/2C31H36FN3O2.C28H31F3N4O2S/c2*32-23-16-14-20(15-17-23)18-22-9-5-7-13-26-29(34-35(30(22)26)24-10-2-1-3-11-24)31(37)33-28-25-12-6-4-8-21(25)19-27(28)36;29-22-10-8-20(9-11-22)18-21-6-2-3-7-24-26(14-17-38(36,37)33-34-15-4-1-5-16-34)32-35(28(21)24)27-13-12-23(30)19-25(27)31/h2*4,6,8,12,14-17,22,24,27-28,36H,1-3,5,7,9-11,13,18-19H2,(H,33,37);8-14,17,19,21,33H,1-7,15-16,18H2/b;;17-14+/t22-,27+,28-;22-,27-,28+;/m10./s1. The molecule has 4 heterocycles. The van der Waals surface area contributed by atoms with E-state index in [1.54, 1.807) is 17.1 Å². The molecule has 590 valence electrons. The van der Waals surface area contributed by atoms with Crippen molar-refractivity contribution in [2.75, 3.05) is 13.1 Å². The maximum absolute atomic E-state index is 15.0. The molecule has 2 saturated carbocycles. The van der Waals surface area contributed by atoms with Crippen LogP contribution in [0.25, 0.3) is 11.8 Å². The molecular weight excluding hydrogens is 1440 g/mol. The number of fused-ring (bicyclic) bond motifs is 5. The molecule has 16 nitrogen and oxygen atoms in total. The number of rotatable bonds is 17. The van der Waals surface area contributed by atoms with Gasteiger partial charge in [0.25, 0.3) is 11.8 Å². The van der Waals surface area contributed by atoms with Crippen LogP contribution in [-0.4, -0.2) is 90.1 Å². The molecule has 7 aliphatic carbocycles. The molecule has 17 rings (SSSR count). The van der Waals surface area contributed by atoms with Crippen LogP contribution in [0, 0.1) is 29.1 Å². The number of hydrogen-bond acceptors (Lipinski definition) is 10. The van der Waals surface area contributed by atoms with Crippen molar-refractivity contribution in [2.45, 2.75) is 247 Å². The van der Waals surface area contributed by atoms with Gasteiger partial charge in [0.1, 0.15) is 29.0 Å². The van der Waals surface area contributed by atoms with Crippen molar-refractivity contribution in [3.05, 3.63) is 264 Å². The highest BCUT2D eigenvalue weighted by molar-refractivity contribution is 7.92. The van der Waals surface area contributed by atoms with Crippen LogP contribution >= 0.6 is 0 Å². The Labute approximate surface area is 653 Å². The number of aliphatic hydroxyl groups excluding tert-OH is 2. The number of aromatic nitrogens is 6. The number of hydrogen-bond donors (Lipinski definition) is 5. The van der Waals surface area contributed by atoms with Gasteiger partial charge in [0.2, 0.25) is 10.0 Å². The summed E-state index contributed by atoms with van der Waals surface area (Å²) in [6.45, 7) is 1.32. The fourth-order valence-electron chi connectivity index (χ4n) is 19.1. The number of piperidine rings is 1. The van der Waals surface area contributed by atoms with Gasteiger partial charge in [0.05, 0.1) is 47.8 Å². The highest BCUT2D eigenvalue weighted by Crippen LogP contribution is 2.44. The Morgan fingerprint density at radius 2 is 0.857 bits per heavy atom. The molecule has 9 aromatic rings. The molecule has 2 amide bonds. The fraction of sp³-hybridized carbons (Fsp3) is 0.456. The van der Waals surface area contributed by atoms with Crippen LogP contribution in [0.4, 0.5) is 22.0 Å². The first kappa shape index (κ1) is 78.3. The minimum absolute atomic E-state index is 0.0693. The molecule has 5 N–H and O–H groups in total. The predicted molar refractivity (Wildman–Crippen MR) is 423 cm³/mol. The summed E-state index contributed by atoms with van der Waals surface area (Å²) in [5.41, 5.74) is 15.2. The monoisotopic (exact) mass is 1550 g/mol. The summed E-state index contributed by atoms with van der Waals surface area (Å²) in [7, 11) is -3.76. The third-order valence-electron chi connectivity index (χ3n) is 24.6. The molecule has 0 spiro atoms. The van der Waals surface area contributed by atoms with Crippen molar-refractivity contribution >= 4 is 27.9 Å². The molecule has 8 aliphatic rings. The van der Waals surface area contributed by atoms with E-state index in [2.05, 4.69) is 29.9 Å². The van der Waals surface area contributed by atoms with Gasteiger partial charge in [-0.2, -0.15) is 15.3 Å². The molecule has 0 bridgehead atoms. The number of nitrogens with zero attached hydrogens (tertiary/aromatic N) is 7. The third-order valence-corrected chi connectivity index (χ3v) is 25.6. The lowest BCUT2D eigenvalue weighted by Gasteiger charge is -2.27. The zero-order chi connectivity index (χ0) is 77.4. The van der Waals surface area contributed by atoms with E-state index in [0.29, 0.717) is 67.9 Å². The largest absolute Gasteiger partial charge is 0.390 e. The summed E-state index contributed by atoms with van der Waals surface area (Å²) in [4.78, 5) is 30.2. The Morgan fingerprint density at radius 3 is 1.30 bits per heavy atom. The van der Waals surface area contributed by atoms with E-state index in [9.17, 15) is 50.2 Å². The number of amides is 2. The summed E-state index contributed by atoms with van der Waals surface area (Å²) >= 11 is 0. The molecule has 3 fully saturated rings. The van der Waals surface area contributed by atoms with E-state index >= 15 is 0 Å². The van der Waals surface area contributed by atoms with Crippen LogP contribution in [-0.2, 0) is 61.4 Å². The van der Waals surface area contributed by atoms with Gasteiger partial charge in [-0.3, -0.25) is 19.0 Å². The van der Waals surface area contributed by atoms with Crippen LogP contribution in [0.15, 0.2) is 145 Å². The number of benzene rings is 6. The second-order valence-electron chi connectivity index (χ2n) is 32.3. The lowest BCUT2D eigenvalue weighted by atomic mass is 9.89. The molecule has 7 atom stereocenters. The molecule has 1 unspecified atom stereocenters. The van der Waals surface area contributed by atoms with Crippen LogP contribution < -0.4 is 15.5 Å². The van der Waals surface area contributed by atoms with Crippen molar-refractivity contribution < 1.29 is 50.2 Å². The Morgan fingerprint density at radius 1 is 0.455 bits per heavy atom. The zero-order valence-corrected chi connectivity index (χ0v) is 64.5. The zero-order valence-electron chi connectivity index (χ0n) is 63.7. The van der Waals surface area contributed by atoms with E-state index in [1.165, 1.54) is 109 Å². The summed E-state index contributed by atoms with van der Waals surface area (Å²) in [6, 6.07) is 39.0. The molecule has 1 aliphatic heterocycles. The van der Waals surface area contributed by atoms with Crippen molar-refractivity contribution in [3.8, 4) is 5.69 Å². The third kappa shape index (κ3) is 18.2. The molecular formula is C90H103F5N10O6S. The maximum atomic E-state index is 15.0. The maximum Gasteiger partial charge on any atom is 0.272 e. The van der Waals surface area contributed by atoms with Crippen molar-refractivity contribution in [1.29, 1.82) is 0 Å². The number of nitrogens with one attached hydrogen (secondary N) is 3. The van der Waals surface area contributed by atoms with Crippen molar-refractivity contribution in [3.63, 3.8) is 0 Å². The first-order valence-electron chi connectivity index (χ1n) is 41.1. The van der Waals surface area contributed by atoms with E-state index in [1.807, 2.05) is 72.8 Å². The Hall–Kier alpha value is -8.93. The quantitative estimate of drug-likeness (QED) is 0.0431. The van der Waals surface area contributed by atoms with Crippen LogP contribution in [0.5, 0.6) is 0 Å². The van der Waals surface area contributed by atoms with Crippen LogP contribution in [0.2, 0.25) is 0 Å². The molecule has 1 saturated heterocycles. The minimum Gasteiger partial charge on any atom is -0.390 e. The van der Waals surface area contributed by atoms with Gasteiger partial charge in [-0.1, -0.05) is 149 Å². The molecule has 112 heavy (non-hydrogen) atoms. The van der Waals surface area contributed by atoms with E-state index in [4.69, 9.17) is 10.2 Å². The second-order valence-corrected chi connectivity index (χ2v) is 33.8. The van der Waals surface area contributed by atoms with Gasteiger partial charge in [0, 0.05) is 83.2 Å². The van der Waals surface area contributed by atoms with Gasteiger partial charge < -0.3 is 20.8 Å². The smallest absolute Gasteiger partial charge is 0.272 e. The Kier molecular flexibility index (Phi) is 24.9. The van der Waals surface area contributed by atoms with Gasteiger partial charge >= 0.3 is 0 Å². The molecule has 3 aromatic heterocycles. The summed E-state index contributed by atoms with van der Waals surface area (Å²) in [6.07, 6.45) is 29.3. The lowest BCUT2D eigenvalue weighted by Crippen LogP contribution is -2.44. The van der Waals surface area contributed by atoms with Crippen molar-refractivity contribution in [2.24, 2.45) is 0 Å². The van der Waals surface area contributed by atoms with Gasteiger partial charge in [-0.05, 0) is 209 Å². The first-order valence-corrected chi connectivity index (χ1v) is 42.6. The Balaban J connectivity index is 0.000000133. The van der Waals surface area contributed by atoms with Gasteiger partial charge in [0.15, 0.2) is 17.2 Å². The van der Waals surface area contributed by atoms with Gasteiger partial charge in [-0.25, -0.2) is 40.1 Å². The number of sulfonamides is 1. The van der Waals surface area contributed by atoms with Crippen molar-refractivity contribution in [1.82, 2.24) is 49.8 Å². The summed E-state index contributed by atoms with van der Waals surface area (Å²) in [5, 5.41) is 45.4. The predicted octanol–water partition coefficient (Wildman–Crippen LogP) is 17.6. The van der Waals surface area contributed by atoms with E-state index in [0.717, 1.165) is 201 Å². The van der Waals surface area contributed by atoms with Crippen LogP contribution in [0.1, 0.15) is 283 Å². The first-order chi connectivity index (χ1) is 54.4. The SMILES string of the molecule is O=C(N[C@@H]1c2ccccc2C[C@@H]1O)c1nn(C2CCCCC2)c2c1CCCC[C@@H]2Cc1ccc(F)cc1.O=C(N[C@@H]1c2ccccc2C[C@@H]1O)c1nn(C2CCCCC2)c2c1CCCC[C@H]2Cc1ccc(F)cc1.O=S(=O)(/C=C/c1nn(-c2ccc(F)cc2F)c2c1CCCCC2Cc1ccc(F)cc1)NN1CCCCC1. The molecule has 0 radical (unpaired) electrons. The number of hydrazine groups is 1. The highest BCUT2D eigenvalue weighted by atomic mass is 32.2. The number of carbonyl (C=O) groups excluding carboxylic acids is 2. The Bertz CT molecular complexity index is 4710. The normalized spacial score (nSPS) is 22.2. The average Bonchev–Trinajstić information content (AvgIpc) is 1.62. The fourth-order valence-corrected chi connectivity index (χ4v) is 20.0. The lowest BCUT2D eigenvalue weighted by molar-refractivity contribution is 0.0846. The second kappa shape index (κ2) is 35.6. The van der Waals surface area contributed by atoms with Gasteiger partial charge in [-0.15, -0.1) is 4.83 Å². The number of carbonyl (C=O) groups is 2. The number of halogens is 5. The summed E-state index contributed by atoms with van der Waals surface area (Å²) < 4.78 is 101.